The minimum absolute atomic E-state index is 0.195. The maximum Gasteiger partial charge on any atom is 0.273 e. The van der Waals surface area contributed by atoms with Gasteiger partial charge in [-0.25, -0.2) is 10.1 Å². The highest BCUT2D eigenvalue weighted by atomic mass is 79.9. The van der Waals surface area contributed by atoms with Crippen LogP contribution in [-0.2, 0) is 13.0 Å². The number of H-pyrrole nitrogens is 1. The van der Waals surface area contributed by atoms with Crippen LogP contribution in [0.2, 0.25) is 5.15 Å². The number of hydrogen-bond donors (Lipinski definition) is 1. The molecule has 0 atom stereocenters. The van der Waals surface area contributed by atoms with Crippen molar-refractivity contribution in [1.29, 1.82) is 0 Å². The van der Waals surface area contributed by atoms with Crippen molar-refractivity contribution in [1.82, 2.24) is 35.1 Å². The lowest BCUT2D eigenvalue weighted by Gasteiger charge is -2.17. The van der Waals surface area contributed by atoms with E-state index in [0.29, 0.717) is 24.5 Å². The summed E-state index contributed by atoms with van der Waals surface area (Å²) in [5, 5.41) is 14.8. The molecular formula is C26H25BrClN7O2. The Labute approximate surface area is 227 Å². The summed E-state index contributed by atoms with van der Waals surface area (Å²) in [6.45, 7) is 2.51. The molecule has 0 bridgehead atoms. The number of nitrogens with one attached hydrogen (secondary N) is 1. The Balaban J connectivity index is 1.76. The monoisotopic (exact) mass is 581 g/mol. The van der Waals surface area contributed by atoms with Gasteiger partial charge in [0.05, 0.1) is 19.1 Å². The van der Waals surface area contributed by atoms with Crippen LogP contribution in [0, 0.1) is 0 Å². The molecule has 1 N–H and O–H groups in total. The number of nitrogens with zero attached hydrogens (tertiary/aromatic N) is 6. The number of carbonyl (C=O) groups is 1. The molecule has 0 spiro atoms. The Morgan fingerprint density at radius 3 is 2.65 bits per heavy atom. The Bertz CT molecular complexity index is 1520. The van der Waals surface area contributed by atoms with E-state index in [-0.39, 0.29) is 11.1 Å². The predicted molar refractivity (Wildman–Crippen MR) is 145 cm³/mol. The molecule has 3 aromatic rings. The first-order valence-electron chi connectivity index (χ1n) is 11.9. The number of aromatic nitrogens is 6. The summed E-state index contributed by atoms with van der Waals surface area (Å²) >= 11 is 10.4. The zero-order chi connectivity index (χ0) is 26.1. The average molecular weight is 583 g/mol. The Morgan fingerprint density at radius 2 is 1.95 bits per heavy atom. The number of benzene rings is 1. The van der Waals surface area contributed by atoms with Crippen LogP contribution in [0.25, 0.3) is 33.6 Å². The van der Waals surface area contributed by atoms with Crippen LogP contribution in [0.1, 0.15) is 41.6 Å². The second kappa shape index (κ2) is 10.5. The lowest BCUT2D eigenvalue weighted by molar-refractivity contribution is 0.0817. The van der Waals surface area contributed by atoms with Crippen LogP contribution < -0.4 is 0 Å². The number of unbranched alkanes of at least 4 members (excludes halogenated alkanes) is 1. The molecule has 1 aliphatic heterocycles. The molecule has 0 fully saturated rings. The highest BCUT2D eigenvalue weighted by Crippen LogP contribution is 2.48. The van der Waals surface area contributed by atoms with Gasteiger partial charge in [-0.15, -0.1) is 5.10 Å². The molecule has 11 heteroatoms. The van der Waals surface area contributed by atoms with Crippen molar-refractivity contribution in [3.8, 4) is 33.6 Å². The van der Waals surface area contributed by atoms with Gasteiger partial charge in [-0.05, 0) is 55.5 Å². The number of halogens is 2. The van der Waals surface area contributed by atoms with Crippen LogP contribution in [-0.4, -0.2) is 55.1 Å². The summed E-state index contributed by atoms with van der Waals surface area (Å²) in [6, 6.07) is 9.86. The summed E-state index contributed by atoms with van der Waals surface area (Å²) in [4.78, 5) is 19.4. The van der Waals surface area contributed by atoms with Gasteiger partial charge in [-0.1, -0.05) is 49.2 Å². The fraction of sp³-hybridized carbons (Fsp3) is 0.269. The Hall–Kier alpha value is -3.50. The van der Waals surface area contributed by atoms with Gasteiger partial charge in [-0.2, -0.15) is 0 Å². The number of amides is 1. The number of rotatable bonds is 8. The Kier molecular flexibility index (Phi) is 7.12. The fourth-order valence-corrected chi connectivity index (χ4v) is 5.61. The molecule has 3 heterocycles. The van der Waals surface area contributed by atoms with E-state index < -0.39 is 0 Å². The largest absolute Gasteiger partial charge is 0.472 e. The second-order valence-electron chi connectivity index (χ2n) is 8.90. The smallest absolute Gasteiger partial charge is 0.273 e. The first kappa shape index (κ1) is 25.2. The van der Waals surface area contributed by atoms with Crippen molar-refractivity contribution < 1.29 is 9.21 Å². The standard InChI is InChI=1S/C26H25BrClN7O2/c1-4-5-10-20-29-24(28)23(26(36)34(2)3)35(20)13-18-15-11-12-37-14-19(15)22(27)21(18)16-8-6-7-9-17(16)25-30-32-33-31-25/h6-9,11-12,14H,4-5,10,13H2,1-3H3,(H,30,31,32,33). The van der Waals surface area contributed by atoms with E-state index in [2.05, 4.69) is 48.5 Å². The number of hydrogen-bond acceptors (Lipinski definition) is 6. The van der Waals surface area contributed by atoms with Crippen molar-refractivity contribution in [3.05, 3.63) is 69.6 Å². The van der Waals surface area contributed by atoms with Crippen LogP contribution >= 0.6 is 27.5 Å². The molecular weight excluding hydrogens is 558 g/mol. The van der Waals surface area contributed by atoms with Gasteiger partial charge < -0.3 is 13.9 Å². The molecule has 2 aromatic heterocycles. The minimum atomic E-state index is -0.195. The number of aromatic amines is 1. The number of imidazole rings is 1. The van der Waals surface area contributed by atoms with Gasteiger partial charge in [0.1, 0.15) is 11.5 Å². The summed E-state index contributed by atoms with van der Waals surface area (Å²) in [5.41, 5.74) is 6.02. The number of tetrazole rings is 1. The van der Waals surface area contributed by atoms with Crippen LogP contribution in [0.3, 0.4) is 0 Å². The third kappa shape index (κ3) is 4.55. The predicted octanol–water partition coefficient (Wildman–Crippen LogP) is 5.94. The molecule has 37 heavy (non-hydrogen) atoms. The molecule has 2 aliphatic rings. The highest BCUT2D eigenvalue weighted by molar-refractivity contribution is 9.10. The zero-order valence-electron chi connectivity index (χ0n) is 20.6. The topological polar surface area (TPSA) is 106 Å². The van der Waals surface area contributed by atoms with Crippen molar-refractivity contribution in [3.63, 3.8) is 0 Å². The first-order valence-corrected chi connectivity index (χ1v) is 13.1. The van der Waals surface area contributed by atoms with Crippen molar-refractivity contribution in [2.24, 2.45) is 0 Å². The number of fused-ring (bicyclic) bond motifs is 1. The van der Waals surface area contributed by atoms with Gasteiger partial charge in [0, 0.05) is 41.7 Å². The van der Waals surface area contributed by atoms with E-state index in [1.165, 1.54) is 4.90 Å². The molecule has 190 valence electrons. The van der Waals surface area contributed by atoms with Crippen LogP contribution in [0.5, 0.6) is 0 Å². The molecule has 1 aromatic carbocycles. The first-order chi connectivity index (χ1) is 17.9. The molecule has 1 amide bonds. The van der Waals surface area contributed by atoms with Crippen molar-refractivity contribution in [2.75, 3.05) is 14.1 Å². The van der Waals surface area contributed by atoms with Gasteiger partial charge in [0.25, 0.3) is 5.91 Å². The van der Waals surface area contributed by atoms with Crippen LogP contribution in [0.4, 0.5) is 0 Å². The van der Waals surface area contributed by atoms with Crippen molar-refractivity contribution >= 4 is 33.4 Å². The molecule has 0 unspecified atom stereocenters. The average Bonchev–Trinajstić information content (AvgIpc) is 3.61. The van der Waals surface area contributed by atoms with Crippen molar-refractivity contribution in [2.45, 2.75) is 32.7 Å². The molecule has 9 nitrogen and oxygen atoms in total. The summed E-state index contributed by atoms with van der Waals surface area (Å²) < 4.78 is 8.36. The quantitative estimate of drug-likeness (QED) is 0.243. The molecule has 0 radical (unpaired) electrons. The van der Waals surface area contributed by atoms with Gasteiger partial charge in [0.2, 0.25) is 0 Å². The minimum Gasteiger partial charge on any atom is -0.472 e. The summed E-state index contributed by atoms with van der Waals surface area (Å²) in [6.07, 6.45) is 6.01. The number of carbonyl (C=O) groups excluding carboxylic acids is 1. The van der Waals surface area contributed by atoms with E-state index >= 15 is 0 Å². The van der Waals surface area contributed by atoms with E-state index in [0.717, 1.165) is 56.5 Å². The van der Waals surface area contributed by atoms with Gasteiger partial charge >= 0.3 is 0 Å². The summed E-state index contributed by atoms with van der Waals surface area (Å²) in [5.74, 6) is 1.14. The lowest BCUT2D eigenvalue weighted by Crippen LogP contribution is -2.26. The van der Waals surface area contributed by atoms with E-state index in [1.807, 2.05) is 34.9 Å². The normalized spacial score (nSPS) is 11.4. The Morgan fingerprint density at radius 1 is 1.16 bits per heavy atom. The SMILES string of the molecule is CCCCc1nc(Cl)c(C(=O)N(C)C)n1Cc1c2ccocc-2c(Br)c1-c1ccccc1-c1nnn[nH]1. The molecule has 5 rings (SSSR count). The molecule has 1 aliphatic carbocycles. The fourth-order valence-electron chi connectivity index (χ4n) is 4.57. The lowest BCUT2D eigenvalue weighted by atomic mass is 9.97. The maximum absolute atomic E-state index is 13.2. The third-order valence-electron chi connectivity index (χ3n) is 6.35. The molecule has 0 saturated carbocycles. The second-order valence-corrected chi connectivity index (χ2v) is 10.1. The van der Waals surface area contributed by atoms with E-state index in [1.54, 1.807) is 26.6 Å². The maximum atomic E-state index is 13.2. The molecule has 0 saturated heterocycles. The van der Waals surface area contributed by atoms with E-state index in [9.17, 15) is 4.79 Å². The number of aryl methyl sites for hydroxylation is 1. The highest BCUT2D eigenvalue weighted by Gasteiger charge is 2.29. The van der Waals surface area contributed by atoms with Gasteiger partial charge in [0.15, 0.2) is 11.0 Å². The van der Waals surface area contributed by atoms with Crippen LogP contribution in [0.15, 0.2) is 51.7 Å². The van der Waals surface area contributed by atoms with E-state index in [4.69, 9.17) is 16.0 Å². The third-order valence-corrected chi connectivity index (χ3v) is 7.44. The zero-order valence-corrected chi connectivity index (χ0v) is 23.0. The van der Waals surface area contributed by atoms with Gasteiger partial charge in [-0.3, -0.25) is 4.79 Å². The summed E-state index contributed by atoms with van der Waals surface area (Å²) in [7, 11) is 3.43.